The summed E-state index contributed by atoms with van der Waals surface area (Å²) in [4.78, 5) is 14.8. The normalized spacial score (nSPS) is 14.6. The van der Waals surface area contributed by atoms with Crippen LogP contribution in [0.5, 0.6) is 5.75 Å². The molecular weight excluding hydrogens is 354 g/mol. The minimum Gasteiger partial charge on any atom is -0.497 e. The molecule has 0 aliphatic carbocycles. The van der Waals surface area contributed by atoms with Gasteiger partial charge in [0.05, 0.1) is 25.7 Å². The lowest BCUT2D eigenvalue weighted by molar-refractivity contribution is 0.121. The number of halogens is 1. The number of anilines is 1. The minimum atomic E-state index is -0.102. The molecule has 5 nitrogen and oxygen atoms in total. The molecule has 0 unspecified atom stereocenters. The van der Waals surface area contributed by atoms with Crippen molar-refractivity contribution in [1.29, 1.82) is 0 Å². The highest BCUT2D eigenvalue weighted by atomic mass is 35.5. The Hall–Kier alpha value is -2.50. The van der Waals surface area contributed by atoms with Crippen molar-refractivity contribution in [1.82, 2.24) is 0 Å². The average Bonchev–Trinajstić information content (AvgIpc) is 2.68. The number of ether oxygens (including phenoxy) is 2. The Morgan fingerprint density at radius 3 is 2.65 bits per heavy atom. The molecule has 1 aliphatic heterocycles. The molecule has 2 aromatic carbocycles. The number of methoxy groups -OCH3 is 1. The molecule has 2 heterocycles. The quantitative estimate of drug-likeness (QED) is 0.697. The number of hydrogen-bond donors (Lipinski definition) is 0. The smallest absolute Gasteiger partial charge is 0.200 e. The maximum atomic E-state index is 12.8. The van der Waals surface area contributed by atoms with Gasteiger partial charge in [0, 0.05) is 29.7 Å². The number of morpholine rings is 1. The van der Waals surface area contributed by atoms with Gasteiger partial charge in [0.15, 0.2) is 11.3 Å². The van der Waals surface area contributed by atoms with Crippen LogP contribution in [-0.4, -0.2) is 33.4 Å². The second-order valence-corrected chi connectivity index (χ2v) is 6.55. The van der Waals surface area contributed by atoms with E-state index in [0.29, 0.717) is 53.9 Å². The number of fused-ring (bicyclic) bond motifs is 1. The van der Waals surface area contributed by atoms with Crippen LogP contribution in [0.2, 0.25) is 5.02 Å². The first kappa shape index (κ1) is 16.9. The van der Waals surface area contributed by atoms with Crippen molar-refractivity contribution in [2.24, 2.45) is 0 Å². The van der Waals surface area contributed by atoms with Crippen molar-refractivity contribution in [3.05, 3.63) is 57.7 Å². The van der Waals surface area contributed by atoms with Crippen LogP contribution in [0, 0.1) is 0 Å². The van der Waals surface area contributed by atoms with Gasteiger partial charge in [-0.25, -0.2) is 0 Å². The van der Waals surface area contributed by atoms with E-state index in [4.69, 9.17) is 25.5 Å². The van der Waals surface area contributed by atoms with Gasteiger partial charge in [0.2, 0.25) is 0 Å². The van der Waals surface area contributed by atoms with E-state index in [0.717, 1.165) is 11.1 Å². The van der Waals surface area contributed by atoms with Gasteiger partial charge in [-0.3, -0.25) is 4.79 Å². The monoisotopic (exact) mass is 371 g/mol. The van der Waals surface area contributed by atoms with Crippen molar-refractivity contribution in [3.63, 3.8) is 0 Å². The van der Waals surface area contributed by atoms with Gasteiger partial charge in [-0.1, -0.05) is 23.7 Å². The summed E-state index contributed by atoms with van der Waals surface area (Å²) in [7, 11) is 1.58. The van der Waals surface area contributed by atoms with Gasteiger partial charge in [-0.2, -0.15) is 0 Å². The van der Waals surface area contributed by atoms with Crippen molar-refractivity contribution >= 4 is 28.5 Å². The highest BCUT2D eigenvalue weighted by Gasteiger charge is 2.18. The summed E-state index contributed by atoms with van der Waals surface area (Å²) in [6.45, 7) is 2.62. The Balaban J connectivity index is 1.96. The number of nitrogens with zero attached hydrogens (tertiary/aromatic N) is 1. The molecule has 134 valence electrons. The molecule has 0 atom stereocenters. The SMILES string of the molecule is COc1cc(-c2cccc(Cl)c2)c2oc(N3CCOCC3)cc(=O)c2c1. The zero-order chi connectivity index (χ0) is 18.1. The molecule has 0 saturated carbocycles. The van der Waals surface area contributed by atoms with E-state index in [-0.39, 0.29) is 5.43 Å². The van der Waals surface area contributed by atoms with E-state index in [1.165, 1.54) is 6.07 Å². The van der Waals surface area contributed by atoms with E-state index < -0.39 is 0 Å². The van der Waals surface area contributed by atoms with E-state index in [1.807, 2.05) is 35.2 Å². The number of benzene rings is 2. The van der Waals surface area contributed by atoms with Crippen LogP contribution < -0.4 is 15.1 Å². The van der Waals surface area contributed by atoms with Crippen LogP contribution in [0.4, 0.5) is 5.88 Å². The molecule has 0 N–H and O–H groups in total. The Morgan fingerprint density at radius 1 is 1.12 bits per heavy atom. The number of rotatable bonds is 3. The number of hydrogen-bond acceptors (Lipinski definition) is 5. The van der Waals surface area contributed by atoms with Gasteiger partial charge < -0.3 is 18.8 Å². The van der Waals surface area contributed by atoms with Crippen molar-refractivity contribution < 1.29 is 13.9 Å². The summed E-state index contributed by atoms with van der Waals surface area (Å²) in [5.74, 6) is 1.15. The molecule has 1 fully saturated rings. The largest absolute Gasteiger partial charge is 0.497 e. The fourth-order valence-electron chi connectivity index (χ4n) is 3.15. The molecule has 6 heteroatoms. The Bertz CT molecular complexity index is 1010. The summed E-state index contributed by atoms with van der Waals surface area (Å²) < 4.78 is 16.9. The highest BCUT2D eigenvalue weighted by Crippen LogP contribution is 2.34. The maximum Gasteiger partial charge on any atom is 0.200 e. The highest BCUT2D eigenvalue weighted by molar-refractivity contribution is 6.30. The van der Waals surface area contributed by atoms with Gasteiger partial charge in [-0.15, -0.1) is 0 Å². The van der Waals surface area contributed by atoms with Crippen LogP contribution in [0.25, 0.3) is 22.1 Å². The third-order valence-corrected chi connectivity index (χ3v) is 4.72. The third kappa shape index (κ3) is 3.16. The van der Waals surface area contributed by atoms with Crippen molar-refractivity contribution in [2.75, 3.05) is 38.3 Å². The van der Waals surface area contributed by atoms with E-state index in [2.05, 4.69) is 0 Å². The average molecular weight is 372 g/mol. The summed E-state index contributed by atoms with van der Waals surface area (Å²) in [5, 5.41) is 1.10. The Kier molecular flexibility index (Phi) is 4.57. The molecule has 3 aromatic rings. The van der Waals surface area contributed by atoms with Crippen molar-refractivity contribution in [2.45, 2.75) is 0 Å². The van der Waals surface area contributed by atoms with Crippen LogP contribution in [0.1, 0.15) is 0 Å². The molecular formula is C20H18ClNO4. The standard InChI is InChI=1S/C20H18ClNO4/c1-24-15-10-16(13-3-2-4-14(21)9-13)20-17(11-15)18(23)12-19(26-20)22-5-7-25-8-6-22/h2-4,9-12H,5-8H2,1H3. The molecule has 26 heavy (non-hydrogen) atoms. The molecule has 0 bridgehead atoms. The molecule has 1 aliphatic rings. The Morgan fingerprint density at radius 2 is 1.92 bits per heavy atom. The fraction of sp³-hybridized carbons (Fsp3) is 0.250. The van der Waals surface area contributed by atoms with Crippen molar-refractivity contribution in [3.8, 4) is 16.9 Å². The second kappa shape index (κ2) is 7.02. The zero-order valence-corrected chi connectivity index (χ0v) is 15.1. The minimum absolute atomic E-state index is 0.102. The predicted octanol–water partition coefficient (Wildman–Crippen LogP) is 3.96. The topological polar surface area (TPSA) is 51.9 Å². The van der Waals surface area contributed by atoms with Gasteiger partial charge >= 0.3 is 0 Å². The molecule has 0 radical (unpaired) electrons. The lowest BCUT2D eigenvalue weighted by Gasteiger charge is -2.27. The first-order valence-electron chi connectivity index (χ1n) is 8.40. The summed E-state index contributed by atoms with van der Waals surface area (Å²) in [6.07, 6.45) is 0. The second-order valence-electron chi connectivity index (χ2n) is 6.11. The maximum absolute atomic E-state index is 12.8. The molecule has 4 rings (SSSR count). The fourth-order valence-corrected chi connectivity index (χ4v) is 3.34. The lowest BCUT2D eigenvalue weighted by Crippen LogP contribution is -2.36. The van der Waals surface area contributed by atoms with Gasteiger partial charge in [0.25, 0.3) is 0 Å². The zero-order valence-electron chi connectivity index (χ0n) is 14.3. The summed E-state index contributed by atoms with van der Waals surface area (Å²) in [5.41, 5.74) is 2.06. The van der Waals surface area contributed by atoms with Gasteiger partial charge in [-0.05, 0) is 29.8 Å². The van der Waals surface area contributed by atoms with Crippen LogP contribution in [0.3, 0.4) is 0 Å². The predicted molar refractivity (Wildman–Crippen MR) is 103 cm³/mol. The van der Waals surface area contributed by atoms with Crippen LogP contribution in [-0.2, 0) is 4.74 Å². The third-order valence-electron chi connectivity index (χ3n) is 4.48. The Labute approximate surface area is 155 Å². The van der Waals surface area contributed by atoms with Crippen LogP contribution in [0.15, 0.2) is 51.7 Å². The first-order chi connectivity index (χ1) is 12.7. The first-order valence-corrected chi connectivity index (χ1v) is 8.78. The summed E-state index contributed by atoms with van der Waals surface area (Å²) >= 11 is 6.16. The molecule has 0 spiro atoms. The van der Waals surface area contributed by atoms with E-state index in [9.17, 15) is 4.79 Å². The van der Waals surface area contributed by atoms with E-state index >= 15 is 0 Å². The van der Waals surface area contributed by atoms with Gasteiger partial charge in [0.1, 0.15) is 11.3 Å². The molecule has 1 saturated heterocycles. The van der Waals surface area contributed by atoms with E-state index in [1.54, 1.807) is 13.2 Å². The molecule has 0 amide bonds. The molecule has 1 aromatic heterocycles. The van der Waals surface area contributed by atoms with Crippen LogP contribution >= 0.6 is 11.6 Å². The summed E-state index contributed by atoms with van der Waals surface area (Å²) in [6, 6.07) is 12.6. The lowest BCUT2D eigenvalue weighted by atomic mass is 10.0.